The summed E-state index contributed by atoms with van der Waals surface area (Å²) in [7, 11) is 1.49. The maximum Gasteiger partial charge on any atom is 0.269 e. The van der Waals surface area contributed by atoms with E-state index in [9.17, 15) is 14.0 Å². The van der Waals surface area contributed by atoms with E-state index in [4.69, 9.17) is 0 Å². The van der Waals surface area contributed by atoms with Crippen molar-refractivity contribution in [2.45, 2.75) is 26.3 Å². The van der Waals surface area contributed by atoms with E-state index in [2.05, 4.69) is 20.5 Å². The predicted molar refractivity (Wildman–Crippen MR) is 115 cm³/mol. The number of carbonyl (C=O) groups is 2. The number of rotatable bonds is 7. The van der Waals surface area contributed by atoms with Crippen molar-refractivity contribution in [1.82, 2.24) is 15.2 Å². The number of amides is 2. The maximum atomic E-state index is 14.4. The Morgan fingerprint density at radius 2 is 1.90 bits per heavy atom. The van der Waals surface area contributed by atoms with Crippen molar-refractivity contribution in [2.24, 2.45) is 0 Å². The Hall–Kier alpha value is -3.00. The molecule has 1 saturated heterocycles. The molecule has 8 heteroatoms. The lowest BCUT2D eigenvalue weighted by Gasteiger charge is -2.36. The van der Waals surface area contributed by atoms with Gasteiger partial charge in [-0.1, -0.05) is 19.1 Å². The van der Waals surface area contributed by atoms with E-state index >= 15 is 0 Å². The van der Waals surface area contributed by atoms with Crippen molar-refractivity contribution in [1.29, 1.82) is 0 Å². The Morgan fingerprint density at radius 3 is 2.57 bits per heavy atom. The van der Waals surface area contributed by atoms with Crippen LogP contribution < -0.4 is 15.5 Å². The Morgan fingerprint density at radius 1 is 1.13 bits per heavy atom. The molecule has 2 aromatic rings. The Balaban J connectivity index is 1.56. The van der Waals surface area contributed by atoms with Crippen molar-refractivity contribution >= 4 is 23.2 Å². The number of hydrogen-bond acceptors (Lipinski definition) is 5. The number of halogens is 1. The van der Waals surface area contributed by atoms with E-state index in [-0.39, 0.29) is 11.6 Å². The van der Waals surface area contributed by atoms with Crippen LogP contribution in [0.1, 0.15) is 35.8 Å². The van der Waals surface area contributed by atoms with Crippen LogP contribution in [0.2, 0.25) is 0 Å². The molecular weight excluding hydrogens is 385 g/mol. The van der Waals surface area contributed by atoms with Crippen LogP contribution in [0.4, 0.5) is 15.8 Å². The van der Waals surface area contributed by atoms with E-state index < -0.39 is 11.9 Å². The lowest BCUT2D eigenvalue weighted by atomic mass is 10.1. The zero-order valence-electron chi connectivity index (χ0n) is 17.4. The molecule has 0 spiro atoms. The van der Waals surface area contributed by atoms with Crippen LogP contribution in [-0.4, -0.2) is 54.9 Å². The van der Waals surface area contributed by atoms with Gasteiger partial charge >= 0.3 is 0 Å². The van der Waals surface area contributed by atoms with Gasteiger partial charge in [0.15, 0.2) is 0 Å². The van der Waals surface area contributed by atoms with Crippen molar-refractivity contribution in [3.8, 4) is 0 Å². The average Bonchev–Trinajstić information content (AvgIpc) is 2.74. The van der Waals surface area contributed by atoms with Crippen LogP contribution in [0, 0.1) is 5.95 Å². The third-order valence-electron chi connectivity index (χ3n) is 5.10. The molecule has 1 aliphatic heterocycles. The SMILES string of the molecule is CCCC(=O)Nc1cccc(CN2CCN(c3ccc(C(=O)NC)nc3F)CC2)c1. The molecule has 0 saturated carbocycles. The zero-order valence-corrected chi connectivity index (χ0v) is 17.4. The number of hydrogen-bond donors (Lipinski definition) is 2. The zero-order chi connectivity index (χ0) is 21.5. The van der Waals surface area contributed by atoms with Crippen molar-refractivity contribution in [3.05, 3.63) is 53.6 Å². The van der Waals surface area contributed by atoms with Gasteiger partial charge in [0.05, 0.1) is 5.69 Å². The van der Waals surface area contributed by atoms with Gasteiger partial charge in [0.2, 0.25) is 11.9 Å². The summed E-state index contributed by atoms with van der Waals surface area (Å²) < 4.78 is 14.4. The van der Waals surface area contributed by atoms with Gasteiger partial charge in [-0.05, 0) is 36.2 Å². The summed E-state index contributed by atoms with van der Waals surface area (Å²) in [5, 5.41) is 5.37. The van der Waals surface area contributed by atoms with Gasteiger partial charge in [0, 0.05) is 51.9 Å². The van der Waals surface area contributed by atoms with E-state index in [1.54, 1.807) is 12.1 Å². The highest BCUT2D eigenvalue weighted by atomic mass is 19.1. The van der Waals surface area contributed by atoms with Crippen molar-refractivity contribution < 1.29 is 14.0 Å². The number of piperazine rings is 1. The lowest BCUT2D eigenvalue weighted by molar-refractivity contribution is -0.116. The molecule has 1 aromatic carbocycles. The summed E-state index contributed by atoms with van der Waals surface area (Å²) in [6, 6.07) is 11.0. The highest BCUT2D eigenvalue weighted by molar-refractivity contribution is 5.92. The Labute approximate surface area is 176 Å². The van der Waals surface area contributed by atoms with Gasteiger partial charge in [-0.2, -0.15) is 4.39 Å². The molecule has 2 N–H and O–H groups in total. The second-order valence-electron chi connectivity index (χ2n) is 7.35. The van der Waals surface area contributed by atoms with E-state index in [1.807, 2.05) is 36.1 Å². The van der Waals surface area contributed by atoms with Gasteiger partial charge in [-0.15, -0.1) is 0 Å². The summed E-state index contributed by atoms with van der Waals surface area (Å²) in [6.45, 7) is 5.65. The fourth-order valence-corrected chi connectivity index (χ4v) is 3.52. The molecule has 30 heavy (non-hydrogen) atoms. The summed E-state index contributed by atoms with van der Waals surface area (Å²) in [5.74, 6) is -1.00. The molecule has 1 fully saturated rings. The molecule has 1 aromatic heterocycles. The number of carbonyl (C=O) groups excluding carboxylic acids is 2. The molecule has 7 nitrogen and oxygen atoms in total. The first-order valence-corrected chi connectivity index (χ1v) is 10.2. The van der Waals surface area contributed by atoms with Gasteiger partial charge in [0.1, 0.15) is 5.69 Å². The largest absolute Gasteiger partial charge is 0.365 e. The Kier molecular flexibility index (Phi) is 7.35. The first-order chi connectivity index (χ1) is 14.5. The van der Waals surface area contributed by atoms with Crippen LogP contribution >= 0.6 is 0 Å². The molecule has 0 bridgehead atoms. The average molecular weight is 413 g/mol. The summed E-state index contributed by atoms with van der Waals surface area (Å²) in [5.41, 5.74) is 2.43. The standard InChI is InChI=1S/C22H28FN5O2/c1-3-5-20(29)25-17-7-4-6-16(14-17)15-27-10-12-28(13-11-27)19-9-8-18(22(30)24-2)26-21(19)23/h4,6-9,14H,3,5,10-13,15H2,1-2H3,(H,24,30)(H,25,29). The first kappa shape index (κ1) is 21.7. The smallest absolute Gasteiger partial charge is 0.269 e. The molecular formula is C22H28FN5O2. The van der Waals surface area contributed by atoms with Gasteiger partial charge in [-0.3, -0.25) is 14.5 Å². The summed E-state index contributed by atoms with van der Waals surface area (Å²) >= 11 is 0. The topological polar surface area (TPSA) is 77.6 Å². The number of nitrogens with zero attached hydrogens (tertiary/aromatic N) is 3. The number of benzene rings is 1. The third-order valence-corrected chi connectivity index (χ3v) is 5.10. The summed E-state index contributed by atoms with van der Waals surface area (Å²) in [6.07, 6.45) is 1.34. The monoisotopic (exact) mass is 413 g/mol. The molecule has 0 radical (unpaired) electrons. The third kappa shape index (κ3) is 5.54. The molecule has 3 rings (SSSR count). The van der Waals surface area contributed by atoms with Crippen LogP contribution in [-0.2, 0) is 11.3 Å². The van der Waals surface area contributed by atoms with Crippen LogP contribution in [0.15, 0.2) is 36.4 Å². The molecule has 2 amide bonds. The minimum atomic E-state index is -0.625. The number of aromatic nitrogens is 1. The van der Waals surface area contributed by atoms with E-state index in [1.165, 1.54) is 7.05 Å². The molecule has 0 unspecified atom stereocenters. The lowest BCUT2D eigenvalue weighted by Crippen LogP contribution is -2.46. The minimum Gasteiger partial charge on any atom is -0.365 e. The highest BCUT2D eigenvalue weighted by Gasteiger charge is 2.21. The Bertz CT molecular complexity index is 897. The minimum absolute atomic E-state index is 0.0290. The summed E-state index contributed by atoms with van der Waals surface area (Å²) in [4.78, 5) is 31.4. The molecule has 1 aliphatic rings. The number of pyridine rings is 1. The van der Waals surface area contributed by atoms with Gasteiger partial charge < -0.3 is 15.5 Å². The van der Waals surface area contributed by atoms with E-state index in [0.717, 1.165) is 37.3 Å². The normalized spacial score (nSPS) is 14.4. The fraction of sp³-hybridized carbons (Fsp3) is 0.409. The highest BCUT2D eigenvalue weighted by Crippen LogP contribution is 2.21. The first-order valence-electron chi connectivity index (χ1n) is 10.2. The predicted octanol–water partition coefficient (Wildman–Crippen LogP) is 2.64. The second-order valence-corrected chi connectivity index (χ2v) is 7.35. The molecule has 0 atom stereocenters. The number of nitrogens with one attached hydrogen (secondary N) is 2. The van der Waals surface area contributed by atoms with E-state index in [0.29, 0.717) is 25.2 Å². The van der Waals surface area contributed by atoms with Crippen molar-refractivity contribution in [2.75, 3.05) is 43.4 Å². The molecule has 160 valence electrons. The van der Waals surface area contributed by atoms with Gasteiger partial charge in [0.25, 0.3) is 5.91 Å². The molecule has 2 heterocycles. The van der Waals surface area contributed by atoms with Crippen LogP contribution in [0.25, 0.3) is 0 Å². The number of anilines is 2. The quantitative estimate of drug-likeness (QED) is 0.683. The van der Waals surface area contributed by atoms with Gasteiger partial charge in [-0.25, -0.2) is 4.98 Å². The second kappa shape index (κ2) is 10.2. The van der Waals surface area contributed by atoms with Crippen molar-refractivity contribution in [3.63, 3.8) is 0 Å². The maximum absolute atomic E-state index is 14.4. The molecule has 0 aliphatic carbocycles. The fourth-order valence-electron chi connectivity index (χ4n) is 3.52. The van der Waals surface area contributed by atoms with Crippen LogP contribution in [0.3, 0.4) is 0 Å². The van der Waals surface area contributed by atoms with Crippen LogP contribution in [0.5, 0.6) is 0 Å².